The van der Waals surface area contributed by atoms with Crippen molar-refractivity contribution in [3.63, 3.8) is 0 Å². The van der Waals surface area contributed by atoms with Crippen molar-refractivity contribution < 1.29 is 9.53 Å². The Morgan fingerprint density at radius 3 is 2.35 bits per heavy atom. The third kappa shape index (κ3) is 4.43. The summed E-state index contributed by atoms with van der Waals surface area (Å²) >= 11 is 0. The highest BCUT2D eigenvalue weighted by atomic mass is 16.5. The maximum atomic E-state index is 14.4. The summed E-state index contributed by atoms with van der Waals surface area (Å²) < 4.78 is 5.46. The zero-order chi connectivity index (χ0) is 23.5. The third-order valence-corrected chi connectivity index (χ3v) is 7.22. The Balaban J connectivity index is 1.50. The summed E-state index contributed by atoms with van der Waals surface area (Å²) in [4.78, 5) is 16.5. The highest BCUT2D eigenvalue weighted by molar-refractivity contribution is 5.84. The lowest BCUT2D eigenvalue weighted by molar-refractivity contribution is -0.137. The number of carbonyl (C=O) groups is 1. The van der Waals surface area contributed by atoms with Crippen LogP contribution in [0.4, 0.5) is 0 Å². The number of hydrogen-bond acceptors (Lipinski definition) is 2. The van der Waals surface area contributed by atoms with Crippen LogP contribution in [0.15, 0.2) is 103 Å². The van der Waals surface area contributed by atoms with E-state index in [0.717, 1.165) is 29.7 Å². The first-order valence-corrected chi connectivity index (χ1v) is 12.0. The van der Waals surface area contributed by atoms with Gasteiger partial charge in [-0.3, -0.25) is 4.79 Å². The summed E-state index contributed by atoms with van der Waals surface area (Å²) in [5.41, 5.74) is 6.10. The van der Waals surface area contributed by atoms with Crippen molar-refractivity contribution in [1.82, 2.24) is 4.90 Å². The Bertz CT molecular complexity index is 1200. The van der Waals surface area contributed by atoms with Gasteiger partial charge in [0.15, 0.2) is 0 Å². The first kappa shape index (κ1) is 22.2. The molecular weight excluding hydrogens is 418 g/mol. The molecule has 3 aromatic carbocycles. The first-order valence-electron chi connectivity index (χ1n) is 12.0. The Morgan fingerprint density at radius 2 is 1.65 bits per heavy atom. The monoisotopic (exact) mass is 449 g/mol. The number of rotatable bonds is 6. The zero-order valence-electron chi connectivity index (χ0n) is 19.9. The summed E-state index contributed by atoms with van der Waals surface area (Å²) in [5, 5.41) is 0. The van der Waals surface area contributed by atoms with Crippen molar-refractivity contribution in [3.8, 4) is 5.75 Å². The van der Waals surface area contributed by atoms with Gasteiger partial charge in [-0.15, -0.1) is 0 Å². The van der Waals surface area contributed by atoms with Crippen LogP contribution in [-0.4, -0.2) is 24.0 Å². The van der Waals surface area contributed by atoms with Gasteiger partial charge in [0.2, 0.25) is 5.91 Å². The molecule has 0 N–H and O–H groups in total. The Hall–Kier alpha value is -3.59. The van der Waals surface area contributed by atoms with E-state index in [1.165, 1.54) is 16.7 Å². The molecule has 5 rings (SSSR count). The summed E-state index contributed by atoms with van der Waals surface area (Å²) in [6.45, 7) is 2.67. The van der Waals surface area contributed by atoms with Crippen LogP contribution in [0.25, 0.3) is 0 Å². The van der Waals surface area contributed by atoms with Crippen molar-refractivity contribution in [2.24, 2.45) is 5.92 Å². The molecule has 0 aliphatic heterocycles. The first-order chi connectivity index (χ1) is 16.6. The van der Waals surface area contributed by atoms with Crippen LogP contribution in [0.5, 0.6) is 5.75 Å². The maximum absolute atomic E-state index is 14.4. The fourth-order valence-corrected chi connectivity index (χ4v) is 5.44. The molecule has 0 saturated heterocycles. The summed E-state index contributed by atoms with van der Waals surface area (Å²) in [6, 6.07) is 27.2. The average molecular weight is 450 g/mol. The molecule has 0 bridgehead atoms. The van der Waals surface area contributed by atoms with E-state index in [-0.39, 0.29) is 23.8 Å². The van der Waals surface area contributed by atoms with Gasteiger partial charge in [-0.05, 0) is 54.2 Å². The van der Waals surface area contributed by atoms with Crippen LogP contribution in [-0.2, 0) is 24.2 Å². The van der Waals surface area contributed by atoms with Crippen molar-refractivity contribution in [1.29, 1.82) is 0 Å². The topological polar surface area (TPSA) is 29.5 Å². The molecule has 2 aliphatic carbocycles. The van der Waals surface area contributed by atoms with E-state index in [1.807, 2.05) is 24.3 Å². The number of hydrogen-bond donors (Lipinski definition) is 0. The molecule has 3 nitrogen and oxygen atoms in total. The third-order valence-electron chi connectivity index (χ3n) is 7.22. The number of fused-ring (bicyclic) bond motifs is 1. The van der Waals surface area contributed by atoms with Gasteiger partial charge in [0.1, 0.15) is 5.75 Å². The van der Waals surface area contributed by atoms with Gasteiger partial charge in [0.25, 0.3) is 0 Å². The molecule has 2 atom stereocenters. The number of methoxy groups -OCH3 is 1. The van der Waals surface area contributed by atoms with Crippen LogP contribution >= 0.6 is 0 Å². The zero-order valence-corrected chi connectivity index (χ0v) is 19.9. The molecular formula is C31H31NO2. The van der Waals surface area contributed by atoms with E-state index in [2.05, 4.69) is 84.6 Å². The minimum Gasteiger partial charge on any atom is -0.497 e. The molecule has 0 fully saturated rings. The fourth-order valence-electron chi connectivity index (χ4n) is 5.44. The molecule has 1 amide bonds. The van der Waals surface area contributed by atoms with Gasteiger partial charge in [0, 0.05) is 18.5 Å². The average Bonchev–Trinajstić information content (AvgIpc) is 3.31. The maximum Gasteiger partial charge on any atom is 0.231 e. The lowest BCUT2D eigenvalue weighted by Crippen LogP contribution is -2.45. The summed E-state index contributed by atoms with van der Waals surface area (Å²) in [5.74, 6) is 0.850. The second kappa shape index (κ2) is 9.72. The number of amides is 1. The van der Waals surface area contributed by atoms with Crippen molar-refractivity contribution in [2.45, 2.75) is 38.3 Å². The van der Waals surface area contributed by atoms with Crippen LogP contribution < -0.4 is 4.74 Å². The molecule has 0 radical (unpaired) electrons. The number of ether oxygens (including phenoxy) is 1. The number of nitrogens with zero attached hydrogens (tertiary/aromatic N) is 1. The number of allylic oxidation sites excluding steroid dienone is 3. The Morgan fingerprint density at radius 1 is 0.941 bits per heavy atom. The van der Waals surface area contributed by atoms with Gasteiger partial charge < -0.3 is 9.64 Å². The summed E-state index contributed by atoms with van der Waals surface area (Å²) in [7, 11) is 1.68. The highest BCUT2D eigenvalue weighted by Crippen LogP contribution is 2.38. The van der Waals surface area contributed by atoms with Gasteiger partial charge in [0.05, 0.1) is 13.0 Å². The van der Waals surface area contributed by atoms with Crippen molar-refractivity contribution in [3.05, 3.63) is 125 Å². The molecule has 3 heteroatoms. The fraction of sp³-hybridized carbons (Fsp3) is 0.258. The Labute approximate surface area is 202 Å². The molecule has 2 unspecified atom stereocenters. The second-order valence-electron chi connectivity index (χ2n) is 9.36. The highest BCUT2D eigenvalue weighted by Gasteiger charge is 2.38. The van der Waals surface area contributed by atoms with E-state index in [4.69, 9.17) is 4.74 Å². The largest absolute Gasteiger partial charge is 0.497 e. The SMILES string of the molecule is COc1cccc(CN(C(=O)C2C(C)=CC=CC2c2ccccc2)C2Cc3ccccc3C2)c1. The van der Waals surface area contributed by atoms with Crippen LogP contribution in [0.1, 0.15) is 35.1 Å². The van der Waals surface area contributed by atoms with Gasteiger partial charge in [-0.2, -0.15) is 0 Å². The van der Waals surface area contributed by atoms with Crippen LogP contribution in [0, 0.1) is 5.92 Å². The van der Waals surface area contributed by atoms with Crippen LogP contribution in [0.2, 0.25) is 0 Å². The van der Waals surface area contributed by atoms with E-state index in [1.54, 1.807) is 7.11 Å². The normalized spacial score (nSPS) is 19.4. The quantitative estimate of drug-likeness (QED) is 0.455. The molecule has 172 valence electrons. The van der Waals surface area contributed by atoms with E-state index in [9.17, 15) is 4.79 Å². The molecule has 2 aliphatic rings. The number of benzene rings is 3. The second-order valence-corrected chi connectivity index (χ2v) is 9.36. The van der Waals surface area contributed by atoms with E-state index < -0.39 is 0 Å². The lowest BCUT2D eigenvalue weighted by atomic mass is 9.77. The predicted octanol–water partition coefficient (Wildman–Crippen LogP) is 6.11. The lowest BCUT2D eigenvalue weighted by Gasteiger charge is -2.36. The molecule has 3 aromatic rings. The molecule has 0 saturated carbocycles. The van der Waals surface area contributed by atoms with Crippen LogP contribution in [0.3, 0.4) is 0 Å². The summed E-state index contributed by atoms with van der Waals surface area (Å²) in [6.07, 6.45) is 8.15. The standard InChI is InChI=1S/C31H31NO2/c1-22-10-8-17-29(24-12-4-3-5-13-24)30(22)31(33)32(21-23-11-9-16-28(18-23)34-2)27-19-25-14-6-7-15-26(25)20-27/h3-18,27,29-30H,19-21H2,1-2H3. The minimum atomic E-state index is -0.207. The molecule has 34 heavy (non-hydrogen) atoms. The molecule has 0 aromatic heterocycles. The van der Waals surface area contributed by atoms with Gasteiger partial charge >= 0.3 is 0 Å². The van der Waals surface area contributed by atoms with Gasteiger partial charge in [-0.1, -0.05) is 90.5 Å². The predicted molar refractivity (Wildman–Crippen MR) is 137 cm³/mol. The van der Waals surface area contributed by atoms with Crippen molar-refractivity contribution >= 4 is 5.91 Å². The number of carbonyl (C=O) groups excluding carboxylic acids is 1. The smallest absolute Gasteiger partial charge is 0.231 e. The Kier molecular flexibility index (Phi) is 6.35. The van der Waals surface area contributed by atoms with Gasteiger partial charge in [-0.25, -0.2) is 0 Å². The molecule has 0 spiro atoms. The van der Waals surface area contributed by atoms with Crippen molar-refractivity contribution in [2.75, 3.05) is 7.11 Å². The minimum absolute atomic E-state index is 0.0373. The van der Waals surface area contributed by atoms with E-state index in [0.29, 0.717) is 6.54 Å². The van der Waals surface area contributed by atoms with E-state index >= 15 is 0 Å². The molecule has 0 heterocycles.